The number of hydrogen-bond acceptors (Lipinski definition) is 2. The minimum Gasteiger partial charge on any atom is -0.478 e. The summed E-state index contributed by atoms with van der Waals surface area (Å²) >= 11 is 0. The summed E-state index contributed by atoms with van der Waals surface area (Å²) in [6.07, 6.45) is 0.337. The minimum atomic E-state index is -1.40. The summed E-state index contributed by atoms with van der Waals surface area (Å²) in [7, 11) is -1.40. The van der Waals surface area contributed by atoms with Crippen LogP contribution in [0.25, 0.3) is 0 Å². The summed E-state index contributed by atoms with van der Waals surface area (Å²) in [5, 5.41) is 18.5. The third-order valence-electron chi connectivity index (χ3n) is 2.65. The highest BCUT2D eigenvalue weighted by Crippen LogP contribution is 2.31. The quantitative estimate of drug-likeness (QED) is 0.595. The van der Waals surface area contributed by atoms with Gasteiger partial charge in [0.25, 0.3) is 0 Å². The van der Waals surface area contributed by atoms with E-state index in [2.05, 4.69) is 19.6 Å². The van der Waals surface area contributed by atoms with Crippen molar-refractivity contribution in [1.82, 2.24) is 0 Å². The molecule has 0 bridgehead atoms. The lowest BCUT2D eigenvalue weighted by Crippen LogP contribution is -2.25. The van der Waals surface area contributed by atoms with Crippen LogP contribution in [0.4, 0.5) is 0 Å². The lowest BCUT2D eigenvalue weighted by Gasteiger charge is -2.23. The Morgan fingerprint density at radius 1 is 1.00 bits per heavy atom. The summed E-state index contributed by atoms with van der Waals surface area (Å²) < 4.78 is 0. The fraction of sp³-hybridized carbons (Fsp3) is 0.692. The van der Waals surface area contributed by atoms with Gasteiger partial charge in [0.05, 0.1) is 5.57 Å². The molecule has 18 heavy (non-hydrogen) atoms. The maximum atomic E-state index is 11.3. The molecule has 0 saturated carbocycles. The number of rotatable bonds is 5. The summed E-state index contributed by atoms with van der Waals surface area (Å²) in [6.45, 7) is 11.6. The smallest absolute Gasteiger partial charge is 0.332 e. The number of carboxylic acids is 2. The van der Waals surface area contributed by atoms with Crippen molar-refractivity contribution in [2.75, 3.05) is 0 Å². The predicted molar refractivity (Wildman–Crippen MR) is 74.5 cm³/mol. The zero-order chi connectivity index (χ0) is 14.7. The number of hydrogen-bond donors (Lipinski definition) is 2. The molecule has 0 aliphatic carbocycles. The number of carboxylic acid groups (broad SMARTS) is 2. The first-order chi connectivity index (χ1) is 7.86. The maximum Gasteiger partial charge on any atom is 0.332 e. The van der Waals surface area contributed by atoms with E-state index in [4.69, 9.17) is 0 Å². The second kappa shape index (κ2) is 5.69. The van der Waals surface area contributed by atoms with E-state index in [9.17, 15) is 19.8 Å². The topological polar surface area (TPSA) is 74.6 Å². The van der Waals surface area contributed by atoms with E-state index < -0.39 is 25.4 Å². The molecule has 0 atom stereocenters. The average Bonchev–Trinajstić information content (AvgIpc) is 2.06. The van der Waals surface area contributed by atoms with E-state index in [1.54, 1.807) is 20.8 Å². The van der Waals surface area contributed by atoms with Gasteiger partial charge in [-0.3, -0.25) is 0 Å². The molecule has 0 aromatic heterocycles. The van der Waals surface area contributed by atoms with Crippen molar-refractivity contribution in [2.24, 2.45) is 5.41 Å². The predicted octanol–water partition coefficient (Wildman–Crippen LogP) is 3.23. The summed E-state index contributed by atoms with van der Waals surface area (Å²) in [6, 6.07) is 0.779. The zero-order valence-electron chi connectivity index (χ0n) is 12.1. The fourth-order valence-electron chi connectivity index (χ4n) is 1.74. The van der Waals surface area contributed by atoms with Crippen molar-refractivity contribution in [3.63, 3.8) is 0 Å². The summed E-state index contributed by atoms with van der Waals surface area (Å²) in [4.78, 5) is 22.6. The molecular weight excluding hydrogens is 248 g/mol. The van der Waals surface area contributed by atoms with Gasteiger partial charge in [-0.1, -0.05) is 46.5 Å². The van der Waals surface area contributed by atoms with Crippen LogP contribution in [0.15, 0.2) is 11.1 Å². The van der Waals surface area contributed by atoms with Crippen LogP contribution in [0.2, 0.25) is 25.7 Å². The van der Waals surface area contributed by atoms with Gasteiger partial charge in [0.2, 0.25) is 0 Å². The van der Waals surface area contributed by atoms with Crippen molar-refractivity contribution >= 4 is 20.0 Å². The lowest BCUT2D eigenvalue weighted by molar-refractivity contribution is -0.136. The van der Waals surface area contributed by atoms with Gasteiger partial charge in [0.1, 0.15) is 0 Å². The van der Waals surface area contributed by atoms with Crippen LogP contribution in [0.1, 0.15) is 27.2 Å². The van der Waals surface area contributed by atoms with Crippen LogP contribution in [0, 0.1) is 5.41 Å². The van der Waals surface area contributed by atoms with Gasteiger partial charge in [-0.05, 0) is 11.8 Å². The molecule has 0 aromatic carbocycles. The Labute approximate surface area is 110 Å². The van der Waals surface area contributed by atoms with Crippen LogP contribution >= 0.6 is 0 Å². The van der Waals surface area contributed by atoms with Crippen LogP contribution in [-0.2, 0) is 9.59 Å². The molecule has 104 valence electrons. The minimum absolute atomic E-state index is 0.0215. The van der Waals surface area contributed by atoms with E-state index in [0.29, 0.717) is 6.42 Å². The molecule has 0 radical (unpaired) electrons. The first-order valence-corrected chi connectivity index (χ1v) is 9.77. The van der Waals surface area contributed by atoms with Crippen molar-refractivity contribution in [3.8, 4) is 0 Å². The van der Waals surface area contributed by atoms with E-state index in [1.165, 1.54) is 0 Å². The van der Waals surface area contributed by atoms with Gasteiger partial charge in [0, 0.05) is 13.6 Å². The molecular formula is C13H24O4Si. The van der Waals surface area contributed by atoms with Crippen molar-refractivity contribution < 1.29 is 19.8 Å². The van der Waals surface area contributed by atoms with Crippen molar-refractivity contribution in [2.45, 2.75) is 52.9 Å². The van der Waals surface area contributed by atoms with Crippen molar-refractivity contribution in [1.29, 1.82) is 0 Å². The highest BCUT2D eigenvalue weighted by atomic mass is 28.3. The molecule has 4 nitrogen and oxygen atoms in total. The SMILES string of the molecule is CC(C)(C)/C(C(=O)O)=C(/CC[Si](C)(C)C)C(=O)O. The Balaban J connectivity index is 5.52. The molecule has 0 amide bonds. The van der Waals surface area contributed by atoms with E-state index >= 15 is 0 Å². The van der Waals surface area contributed by atoms with Crippen LogP contribution < -0.4 is 0 Å². The van der Waals surface area contributed by atoms with Gasteiger partial charge in [-0.15, -0.1) is 0 Å². The molecule has 5 heteroatoms. The number of aliphatic carboxylic acids is 2. The Bertz CT molecular complexity index is 369. The average molecular weight is 272 g/mol. The molecule has 0 spiro atoms. The van der Waals surface area contributed by atoms with Crippen LogP contribution in [0.3, 0.4) is 0 Å². The largest absolute Gasteiger partial charge is 0.478 e. The van der Waals surface area contributed by atoms with Gasteiger partial charge in [0.15, 0.2) is 0 Å². The normalized spacial score (nSPS) is 14.1. The first kappa shape index (κ1) is 16.9. The summed E-state index contributed by atoms with van der Waals surface area (Å²) in [5.74, 6) is -2.24. The monoisotopic (exact) mass is 272 g/mol. The van der Waals surface area contributed by atoms with Crippen molar-refractivity contribution in [3.05, 3.63) is 11.1 Å². The Kier molecular flexibility index (Phi) is 5.34. The van der Waals surface area contributed by atoms with E-state index in [-0.39, 0.29) is 11.1 Å². The van der Waals surface area contributed by atoms with Crippen LogP contribution in [0.5, 0.6) is 0 Å². The standard InChI is InChI=1S/C13H24O4Si/c1-13(2,3)10(12(16)17)9(11(14)15)7-8-18(4,5)6/h7-8H2,1-6H3,(H,14,15)(H,16,17)/b10-9-. The third-order valence-corrected chi connectivity index (χ3v) is 4.40. The molecule has 0 rings (SSSR count). The van der Waals surface area contributed by atoms with Gasteiger partial charge < -0.3 is 10.2 Å². The van der Waals surface area contributed by atoms with Gasteiger partial charge in [-0.25, -0.2) is 9.59 Å². The first-order valence-electron chi connectivity index (χ1n) is 6.06. The van der Waals surface area contributed by atoms with E-state index in [1.807, 2.05) is 0 Å². The fourth-order valence-corrected chi connectivity index (χ4v) is 2.74. The molecule has 0 aliphatic rings. The molecule has 0 unspecified atom stereocenters. The van der Waals surface area contributed by atoms with Gasteiger partial charge in [-0.2, -0.15) is 0 Å². The molecule has 0 saturated heterocycles. The molecule has 0 aromatic rings. The van der Waals surface area contributed by atoms with Crippen LogP contribution in [-0.4, -0.2) is 30.2 Å². The molecule has 0 heterocycles. The molecule has 2 N–H and O–H groups in total. The molecule has 0 aliphatic heterocycles. The third kappa shape index (κ3) is 5.49. The summed E-state index contributed by atoms with van der Waals surface area (Å²) in [5.41, 5.74) is -0.593. The Morgan fingerprint density at radius 2 is 1.44 bits per heavy atom. The highest BCUT2D eigenvalue weighted by molar-refractivity contribution is 6.76. The lowest BCUT2D eigenvalue weighted by atomic mass is 9.82. The van der Waals surface area contributed by atoms with E-state index in [0.717, 1.165) is 6.04 Å². The second-order valence-corrected chi connectivity index (χ2v) is 12.4. The highest BCUT2D eigenvalue weighted by Gasteiger charge is 2.31. The maximum absolute atomic E-state index is 11.3. The Morgan fingerprint density at radius 3 is 1.67 bits per heavy atom. The zero-order valence-corrected chi connectivity index (χ0v) is 13.1. The Hall–Kier alpha value is -1.10. The van der Waals surface area contributed by atoms with Gasteiger partial charge >= 0.3 is 11.9 Å². The molecule has 0 fully saturated rings. The number of carbonyl (C=O) groups is 2. The second-order valence-electron chi connectivity index (χ2n) is 6.77.